The summed E-state index contributed by atoms with van der Waals surface area (Å²) in [4.78, 5) is 52.8. The van der Waals surface area contributed by atoms with Crippen LogP contribution in [0.3, 0.4) is 0 Å². The zero-order valence-electron chi connectivity index (χ0n) is 19.5. The van der Waals surface area contributed by atoms with Crippen LogP contribution in [0.5, 0.6) is 0 Å². The highest BCUT2D eigenvalue weighted by molar-refractivity contribution is 7.92. The minimum absolute atomic E-state index is 0.0175. The molecule has 190 valence electrons. The van der Waals surface area contributed by atoms with E-state index in [0.29, 0.717) is 23.3 Å². The van der Waals surface area contributed by atoms with Gasteiger partial charge < -0.3 is 14.2 Å². The van der Waals surface area contributed by atoms with Crippen molar-refractivity contribution in [3.05, 3.63) is 33.1 Å². The lowest BCUT2D eigenvalue weighted by molar-refractivity contribution is -0.384. The Morgan fingerprint density at radius 1 is 1.20 bits per heavy atom. The summed E-state index contributed by atoms with van der Waals surface area (Å²) in [5.41, 5.74) is 0.202. The lowest BCUT2D eigenvalue weighted by Gasteiger charge is -2.34. The van der Waals surface area contributed by atoms with Crippen molar-refractivity contribution in [2.45, 2.75) is 26.8 Å². The number of esters is 1. The monoisotopic (exact) mass is 526 g/mol. The highest BCUT2D eigenvalue weighted by atomic mass is 32.2. The summed E-state index contributed by atoms with van der Waals surface area (Å²) < 4.78 is 31.5. The number of carbonyl (C=O) groups excluding carboxylic acids is 3. The molecule has 0 N–H and O–H groups in total. The van der Waals surface area contributed by atoms with Gasteiger partial charge in [0.05, 0.1) is 22.2 Å². The van der Waals surface area contributed by atoms with Crippen LogP contribution in [0.2, 0.25) is 0 Å². The number of piperidine rings is 1. The lowest BCUT2D eigenvalue weighted by atomic mass is 9.92. The summed E-state index contributed by atoms with van der Waals surface area (Å²) in [6.45, 7) is 4.60. The van der Waals surface area contributed by atoms with Gasteiger partial charge in [-0.3, -0.25) is 24.5 Å². The number of hydrogen-bond donors (Lipinski definition) is 0. The minimum Gasteiger partial charge on any atom is -0.468 e. The molecular weight excluding hydrogens is 500 g/mol. The summed E-state index contributed by atoms with van der Waals surface area (Å²) in [6.07, 6.45) is 0.956. The number of sulfone groups is 1. The molecule has 1 aliphatic rings. The second kappa shape index (κ2) is 10.6. The number of non-ortho nitro benzene ring substituents is 1. The van der Waals surface area contributed by atoms with Gasteiger partial charge in [-0.2, -0.15) is 4.99 Å². The molecule has 35 heavy (non-hydrogen) atoms. The van der Waals surface area contributed by atoms with Gasteiger partial charge in [-0.1, -0.05) is 25.2 Å². The van der Waals surface area contributed by atoms with E-state index in [0.717, 1.165) is 17.8 Å². The Hall–Kier alpha value is -3.13. The van der Waals surface area contributed by atoms with E-state index in [4.69, 9.17) is 0 Å². The number of nitro benzene ring substituents is 1. The number of aromatic nitrogens is 1. The van der Waals surface area contributed by atoms with Crippen molar-refractivity contribution in [3.8, 4) is 0 Å². The molecule has 0 bridgehead atoms. The van der Waals surface area contributed by atoms with Crippen molar-refractivity contribution < 1.29 is 32.5 Å². The molecule has 1 aromatic heterocycles. The number of fused-ring (bicyclic) bond motifs is 1. The van der Waals surface area contributed by atoms with Crippen LogP contribution < -0.4 is 4.80 Å². The topological polar surface area (TPSA) is 158 Å². The van der Waals surface area contributed by atoms with Crippen molar-refractivity contribution in [1.29, 1.82) is 0 Å². The van der Waals surface area contributed by atoms with E-state index >= 15 is 0 Å². The first-order chi connectivity index (χ1) is 16.4. The number of rotatable bonds is 7. The smallest absolute Gasteiger partial charge is 0.325 e. The number of likely N-dealkylation sites (tertiary alicyclic amines) is 1. The molecule has 0 aliphatic carbocycles. The molecule has 0 spiro atoms. The molecule has 2 heterocycles. The summed E-state index contributed by atoms with van der Waals surface area (Å²) in [6, 6.07) is 3.92. The first kappa shape index (κ1) is 26.5. The van der Waals surface area contributed by atoms with Crippen molar-refractivity contribution in [2.75, 3.05) is 31.7 Å². The lowest BCUT2D eigenvalue weighted by Crippen LogP contribution is -2.45. The second-order valence-corrected chi connectivity index (χ2v) is 11.8. The number of amides is 2. The number of nitro groups is 1. The molecule has 2 atom stereocenters. The first-order valence-electron chi connectivity index (χ1n) is 10.8. The Kier molecular flexibility index (Phi) is 8.05. The van der Waals surface area contributed by atoms with Gasteiger partial charge in [-0.15, -0.1) is 0 Å². The third-order valence-corrected chi connectivity index (χ3v) is 7.94. The van der Waals surface area contributed by atoms with Gasteiger partial charge in [-0.25, -0.2) is 8.42 Å². The number of thiazole rings is 1. The molecule has 12 nitrogen and oxygen atoms in total. The fraction of sp³-hybridized carbons (Fsp3) is 0.524. The van der Waals surface area contributed by atoms with Crippen LogP contribution in [-0.2, 0) is 35.5 Å². The van der Waals surface area contributed by atoms with Crippen molar-refractivity contribution in [3.63, 3.8) is 0 Å². The molecule has 14 heteroatoms. The van der Waals surface area contributed by atoms with Crippen molar-refractivity contribution >= 4 is 54.9 Å². The molecule has 0 saturated carbocycles. The van der Waals surface area contributed by atoms with E-state index < -0.39 is 44.0 Å². The van der Waals surface area contributed by atoms with Gasteiger partial charge in [0.15, 0.2) is 14.6 Å². The van der Waals surface area contributed by atoms with Gasteiger partial charge in [0.2, 0.25) is 5.91 Å². The van der Waals surface area contributed by atoms with E-state index in [-0.39, 0.29) is 28.9 Å². The third kappa shape index (κ3) is 6.72. The number of nitrogens with zero attached hydrogens (tertiary/aromatic N) is 4. The molecule has 2 amide bonds. The Balaban J connectivity index is 1.85. The predicted molar refractivity (Wildman–Crippen MR) is 127 cm³/mol. The van der Waals surface area contributed by atoms with Crippen molar-refractivity contribution in [1.82, 2.24) is 9.47 Å². The van der Waals surface area contributed by atoms with Crippen LogP contribution >= 0.6 is 11.3 Å². The largest absolute Gasteiger partial charge is 0.468 e. The molecule has 1 aliphatic heterocycles. The molecular formula is C21H26N4O8S2. The molecule has 1 saturated heterocycles. The van der Waals surface area contributed by atoms with Crippen LogP contribution in [0, 0.1) is 22.0 Å². The molecule has 0 radical (unpaired) electrons. The normalized spacial score (nSPS) is 19.1. The summed E-state index contributed by atoms with van der Waals surface area (Å²) in [5.74, 6) is -3.48. The highest BCUT2D eigenvalue weighted by Gasteiger charge is 2.29. The molecule has 1 fully saturated rings. The Labute approximate surface area is 205 Å². The standard InChI is InChI=1S/C21H26N4O8S2/c1-13-6-14(2)9-23(8-13)19(27)12-35(31,32)11-18(26)22-21-24(10-20(28)33-3)16-5-4-15(25(29)30)7-17(16)34-21/h4-5,7,13-14H,6,8-12H2,1-3H3. The first-order valence-corrected chi connectivity index (χ1v) is 13.4. The minimum atomic E-state index is -4.09. The van der Waals surface area contributed by atoms with E-state index in [9.17, 15) is 32.9 Å². The average molecular weight is 527 g/mol. The van der Waals surface area contributed by atoms with Crippen LogP contribution in [0.15, 0.2) is 23.2 Å². The maximum atomic E-state index is 12.6. The second-order valence-electron chi connectivity index (χ2n) is 8.74. The number of ether oxygens (including phenoxy) is 1. The Morgan fingerprint density at radius 2 is 1.86 bits per heavy atom. The number of benzene rings is 1. The third-order valence-electron chi connectivity index (χ3n) is 5.52. The average Bonchev–Trinajstić information content (AvgIpc) is 3.07. The van der Waals surface area contributed by atoms with E-state index in [2.05, 4.69) is 9.73 Å². The molecule has 2 unspecified atom stereocenters. The van der Waals surface area contributed by atoms with Crippen LogP contribution in [-0.4, -0.2) is 72.3 Å². The maximum Gasteiger partial charge on any atom is 0.325 e. The number of methoxy groups -OCH3 is 1. The van der Waals surface area contributed by atoms with Gasteiger partial charge in [0.1, 0.15) is 18.1 Å². The zero-order chi connectivity index (χ0) is 25.9. The fourth-order valence-electron chi connectivity index (χ4n) is 4.13. The quantitative estimate of drug-likeness (QED) is 0.295. The maximum absolute atomic E-state index is 12.6. The number of hydrogen-bond acceptors (Lipinski definition) is 9. The van der Waals surface area contributed by atoms with Gasteiger partial charge in [0.25, 0.3) is 11.6 Å². The Morgan fingerprint density at radius 3 is 2.46 bits per heavy atom. The van der Waals surface area contributed by atoms with Gasteiger partial charge in [0, 0.05) is 25.2 Å². The SMILES string of the molecule is COC(=O)Cn1c(=NC(=O)CS(=O)(=O)CC(=O)N2CC(C)CC(C)C2)sc2cc([N+](=O)[O-])ccc21. The van der Waals surface area contributed by atoms with Crippen LogP contribution in [0.1, 0.15) is 20.3 Å². The molecule has 3 rings (SSSR count). The van der Waals surface area contributed by atoms with Gasteiger partial charge >= 0.3 is 5.97 Å². The predicted octanol–water partition coefficient (Wildman–Crippen LogP) is 1.13. The van der Waals surface area contributed by atoms with Crippen LogP contribution in [0.25, 0.3) is 10.2 Å². The summed E-state index contributed by atoms with van der Waals surface area (Å²) in [5, 5.41) is 11.1. The van der Waals surface area contributed by atoms with E-state index in [1.165, 1.54) is 34.8 Å². The molecule has 1 aromatic carbocycles. The summed E-state index contributed by atoms with van der Waals surface area (Å²) >= 11 is 0.893. The van der Waals surface area contributed by atoms with E-state index in [1.807, 2.05) is 13.8 Å². The summed E-state index contributed by atoms with van der Waals surface area (Å²) in [7, 11) is -2.91. The van der Waals surface area contributed by atoms with Crippen LogP contribution in [0.4, 0.5) is 5.69 Å². The fourth-order valence-corrected chi connectivity index (χ4v) is 6.31. The van der Waals surface area contributed by atoms with Crippen molar-refractivity contribution in [2.24, 2.45) is 16.8 Å². The van der Waals surface area contributed by atoms with Gasteiger partial charge in [-0.05, 0) is 24.3 Å². The highest BCUT2D eigenvalue weighted by Crippen LogP contribution is 2.24. The zero-order valence-corrected chi connectivity index (χ0v) is 21.1. The van der Waals surface area contributed by atoms with E-state index in [1.54, 1.807) is 0 Å². The number of carbonyl (C=O) groups is 3. The molecule has 2 aromatic rings. The Bertz CT molecular complexity index is 1330.